The summed E-state index contributed by atoms with van der Waals surface area (Å²) in [4.78, 5) is 20.6. The van der Waals surface area contributed by atoms with Crippen LogP contribution in [0.4, 0.5) is 5.13 Å². The Labute approximate surface area is 123 Å². The summed E-state index contributed by atoms with van der Waals surface area (Å²) < 4.78 is 4.94. The number of amides is 1. The van der Waals surface area contributed by atoms with Crippen molar-refractivity contribution in [3.63, 3.8) is 0 Å². The second-order valence-corrected chi connectivity index (χ2v) is 5.58. The van der Waals surface area contributed by atoms with Crippen molar-refractivity contribution in [1.82, 2.24) is 15.2 Å². The molecule has 0 unspecified atom stereocenters. The third-order valence-electron chi connectivity index (χ3n) is 3.30. The molecule has 2 heterocycles. The Morgan fingerprint density at radius 3 is 3.10 bits per heavy atom. The first kappa shape index (κ1) is 15.2. The van der Waals surface area contributed by atoms with Gasteiger partial charge in [0, 0.05) is 51.4 Å². The van der Waals surface area contributed by atoms with Crippen molar-refractivity contribution in [2.45, 2.75) is 6.42 Å². The smallest absolute Gasteiger partial charge is 0.236 e. The van der Waals surface area contributed by atoms with E-state index in [0.717, 1.165) is 37.7 Å². The van der Waals surface area contributed by atoms with Crippen LogP contribution in [0.2, 0.25) is 0 Å². The maximum atomic E-state index is 12.1. The number of thiazole rings is 1. The van der Waals surface area contributed by atoms with E-state index < -0.39 is 0 Å². The number of aromatic nitrogens is 1. The predicted molar refractivity (Wildman–Crippen MR) is 80.3 cm³/mol. The third-order valence-corrected chi connectivity index (χ3v) is 4.13. The van der Waals surface area contributed by atoms with Gasteiger partial charge >= 0.3 is 0 Å². The first-order chi connectivity index (χ1) is 9.81. The maximum Gasteiger partial charge on any atom is 0.236 e. The van der Waals surface area contributed by atoms with Crippen LogP contribution >= 0.6 is 11.3 Å². The zero-order chi connectivity index (χ0) is 14.2. The summed E-state index contributed by atoms with van der Waals surface area (Å²) in [5, 5.41) is 6.14. The average Bonchev–Trinajstić information content (AvgIpc) is 2.88. The largest absolute Gasteiger partial charge is 0.383 e. The van der Waals surface area contributed by atoms with Crippen molar-refractivity contribution >= 4 is 22.4 Å². The van der Waals surface area contributed by atoms with Crippen LogP contribution in [0.15, 0.2) is 11.6 Å². The van der Waals surface area contributed by atoms with E-state index in [1.54, 1.807) is 18.4 Å². The number of hydrogen-bond acceptors (Lipinski definition) is 6. The van der Waals surface area contributed by atoms with Gasteiger partial charge in [-0.2, -0.15) is 0 Å². The lowest BCUT2D eigenvalue weighted by Gasteiger charge is -2.21. The van der Waals surface area contributed by atoms with Crippen LogP contribution in [-0.2, 0) is 9.53 Å². The quantitative estimate of drug-likeness (QED) is 0.771. The molecule has 1 amide bonds. The van der Waals surface area contributed by atoms with Crippen molar-refractivity contribution in [3.05, 3.63) is 11.6 Å². The average molecular weight is 298 g/mol. The van der Waals surface area contributed by atoms with Gasteiger partial charge in [0.25, 0.3) is 0 Å². The number of rotatable bonds is 6. The lowest BCUT2D eigenvalue weighted by atomic mass is 10.3. The standard InChI is InChI=1S/C13H22N4O2S/c1-19-9-3-14-11-12(18)16-5-2-6-17(8-7-16)13-15-4-10-20-13/h4,10,14H,2-3,5-9,11H2,1H3. The highest BCUT2D eigenvalue weighted by Crippen LogP contribution is 2.18. The number of carbonyl (C=O) groups excluding carboxylic acids is 1. The first-order valence-corrected chi connectivity index (χ1v) is 7.81. The van der Waals surface area contributed by atoms with Gasteiger partial charge in [-0.15, -0.1) is 11.3 Å². The van der Waals surface area contributed by atoms with E-state index in [4.69, 9.17) is 4.74 Å². The van der Waals surface area contributed by atoms with Gasteiger partial charge in [0.1, 0.15) is 0 Å². The molecule has 6 nitrogen and oxygen atoms in total. The van der Waals surface area contributed by atoms with Gasteiger partial charge in [-0.3, -0.25) is 4.79 Å². The molecule has 7 heteroatoms. The van der Waals surface area contributed by atoms with E-state index in [1.165, 1.54) is 0 Å². The minimum absolute atomic E-state index is 0.169. The van der Waals surface area contributed by atoms with E-state index in [1.807, 2.05) is 16.5 Å². The Bertz CT molecular complexity index is 399. The lowest BCUT2D eigenvalue weighted by Crippen LogP contribution is -2.41. The minimum Gasteiger partial charge on any atom is -0.383 e. The van der Waals surface area contributed by atoms with Gasteiger partial charge in [0.15, 0.2) is 5.13 Å². The van der Waals surface area contributed by atoms with Gasteiger partial charge in [-0.05, 0) is 6.42 Å². The monoisotopic (exact) mass is 298 g/mol. The number of nitrogens with zero attached hydrogens (tertiary/aromatic N) is 3. The molecule has 1 N–H and O–H groups in total. The van der Waals surface area contributed by atoms with Gasteiger partial charge in [0.05, 0.1) is 13.2 Å². The molecule has 0 bridgehead atoms. The number of ether oxygens (including phenoxy) is 1. The number of hydrogen-bond donors (Lipinski definition) is 1. The van der Waals surface area contributed by atoms with Crippen LogP contribution in [0.25, 0.3) is 0 Å². The van der Waals surface area contributed by atoms with Gasteiger partial charge in [-0.25, -0.2) is 4.98 Å². The molecule has 2 rings (SSSR count). The molecule has 1 aliphatic rings. The lowest BCUT2D eigenvalue weighted by molar-refractivity contribution is -0.130. The van der Waals surface area contributed by atoms with Crippen LogP contribution < -0.4 is 10.2 Å². The molecule has 1 aliphatic heterocycles. The van der Waals surface area contributed by atoms with Crippen molar-refractivity contribution in [1.29, 1.82) is 0 Å². The van der Waals surface area contributed by atoms with Crippen molar-refractivity contribution in [2.24, 2.45) is 0 Å². The molecular formula is C13H22N4O2S. The Balaban J connectivity index is 1.76. The fourth-order valence-corrected chi connectivity index (χ4v) is 2.91. The Morgan fingerprint density at radius 2 is 2.35 bits per heavy atom. The second-order valence-electron chi connectivity index (χ2n) is 4.71. The molecule has 1 fully saturated rings. The van der Waals surface area contributed by atoms with Crippen molar-refractivity contribution in [3.8, 4) is 0 Å². The molecule has 1 aromatic heterocycles. The number of anilines is 1. The summed E-state index contributed by atoms with van der Waals surface area (Å²) in [6.07, 6.45) is 2.82. The summed E-state index contributed by atoms with van der Waals surface area (Å²) >= 11 is 1.65. The number of nitrogens with one attached hydrogen (secondary N) is 1. The van der Waals surface area contributed by atoms with Crippen LogP contribution in [0, 0.1) is 0 Å². The summed E-state index contributed by atoms with van der Waals surface area (Å²) in [6, 6.07) is 0. The van der Waals surface area contributed by atoms with Crippen molar-refractivity contribution < 1.29 is 9.53 Å². The summed E-state index contributed by atoms with van der Waals surface area (Å²) in [5.74, 6) is 0.169. The molecular weight excluding hydrogens is 276 g/mol. The van der Waals surface area contributed by atoms with E-state index >= 15 is 0 Å². The summed E-state index contributed by atoms with van der Waals surface area (Å²) in [6.45, 7) is 5.15. The van der Waals surface area contributed by atoms with Crippen LogP contribution in [0.5, 0.6) is 0 Å². The highest BCUT2D eigenvalue weighted by molar-refractivity contribution is 7.13. The molecule has 0 spiro atoms. The van der Waals surface area contributed by atoms with Gasteiger partial charge in [0.2, 0.25) is 5.91 Å². The highest BCUT2D eigenvalue weighted by Gasteiger charge is 2.19. The van der Waals surface area contributed by atoms with E-state index in [2.05, 4.69) is 15.2 Å². The molecule has 0 radical (unpaired) electrons. The molecule has 0 atom stereocenters. The molecule has 0 aliphatic carbocycles. The highest BCUT2D eigenvalue weighted by atomic mass is 32.1. The third kappa shape index (κ3) is 4.43. The zero-order valence-corrected chi connectivity index (χ0v) is 12.7. The van der Waals surface area contributed by atoms with E-state index in [-0.39, 0.29) is 5.91 Å². The van der Waals surface area contributed by atoms with Crippen LogP contribution in [0.1, 0.15) is 6.42 Å². The first-order valence-electron chi connectivity index (χ1n) is 6.93. The van der Waals surface area contributed by atoms with Crippen LogP contribution in [0.3, 0.4) is 0 Å². The zero-order valence-electron chi connectivity index (χ0n) is 11.9. The number of methoxy groups -OCH3 is 1. The van der Waals surface area contributed by atoms with Crippen molar-refractivity contribution in [2.75, 3.05) is 57.9 Å². The molecule has 0 aromatic carbocycles. The fourth-order valence-electron chi connectivity index (χ4n) is 2.21. The second kappa shape index (κ2) is 8.18. The Hall–Kier alpha value is -1.18. The summed E-state index contributed by atoms with van der Waals surface area (Å²) in [7, 11) is 1.66. The summed E-state index contributed by atoms with van der Waals surface area (Å²) in [5.41, 5.74) is 0. The van der Waals surface area contributed by atoms with Gasteiger partial charge in [-0.1, -0.05) is 0 Å². The number of carbonyl (C=O) groups is 1. The molecule has 20 heavy (non-hydrogen) atoms. The van der Waals surface area contributed by atoms with Gasteiger partial charge < -0.3 is 19.9 Å². The normalized spacial score (nSPS) is 16.2. The molecule has 1 saturated heterocycles. The Kier molecular flexibility index (Phi) is 6.23. The topological polar surface area (TPSA) is 57.7 Å². The molecule has 112 valence electrons. The minimum atomic E-state index is 0.169. The maximum absolute atomic E-state index is 12.1. The molecule has 0 saturated carbocycles. The van der Waals surface area contributed by atoms with E-state index in [9.17, 15) is 4.79 Å². The fraction of sp³-hybridized carbons (Fsp3) is 0.692. The predicted octanol–water partition coefficient (Wildman–Crippen LogP) is 0.418. The Morgan fingerprint density at radius 1 is 1.45 bits per heavy atom. The molecule has 1 aromatic rings. The van der Waals surface area contributed by atoms with E-state index in [0.29, 0.717) is 19.7 Å². The van der Waals surface area contributed by atoms with Crippen LogP contribution in [-0.4, -0.2) is 68.8 Å². The SMILES string of the molecule is COCCNCC(=O)N1CCCN(c2nccs2)CC1.